The molecule has 1 heterocycles. The first-order valence-corrected chi connectivity index (χ1v) is 4.68. The molecule has 15 heavy (non-hydrogen) atoms. The van der Waals surface area contributed by atoms with Crippen molar-refractivity contribution in [3.8, 4) is 23.3 Å². The van der Waals surface area contributed by atoms with Crippen LogP contribution in [0.5, 0.6) is 17.2 Å². The van der Waals surface area contributed by atoms with Gasteiger partial charge in [0.25, 0.3) is 0 Å². The van der Waals surface area contributed by atoms with E-state index in [-0.39, 0.29) is 6.10 Å². The molecule has 1 aliphatic heterocycles. The zero-order chi connectivity index (χ0) is 10.7. The van der Waals surface area contributed by atoms with Crippen LogP contribution in [-0.2, 0) is 0 Å². The summed E-state index contributed by atoms with van der Waals surface area (Å²) in [5.74, 6) is 2.06. The van der Waals surface area contributed by atoms with Crippen LogP contribution < -0.4 is 14.2 Å². The monoisotopic (exact) mass is 205 g/mol. The molecule has 4 heteroatoms. The predicted molar refractivity (Wildman–Crippen MR) is 53.1 cm³/mol. The van der Waals surface area contributed by atoms with Gasteiger partial charge in [-0.15, -0.1) is 0 Å². The number of benzene rings is 1. The van der Waals surface area contributed by atoms with Crippen molar-refractivity contribution in [3.63, 3.8) is 0 Å². The van der Waals surface area contributed by atoms with Crippen LogP contribution in [0.4, 0.5) is 0 Å². The summed E-state index contributed by atoms with van der Waals surface area (Å²) in [4.78, 5) is 0. The van der Waals surface area contributed by atoms with Crippen molar-refractivity contribution in [1.82, 2.24) is 0 Å². The maximum Gasteiger partial charge on any atom is 0.165 e. The van der Waals surface area contributed by atoms with Crippen molar-refractivity contribution in [2.24, 2.45) is 0 Å². The molecule has 1 atom stereocenters. The summed E-state index contributed by atoms with van der Waals surface area (Å²) in [6.45, 7) is 0.424. The van der Waals surface area contributed by atoms with Gasteiger partial charge in [-0.1, -0.05) is 0 Å². The number of methoxy groups -OCH3 is 1. The van der Waals surface area contributed by atoms with Crippen molar-refractivity contribution in [2.45, 2.75) is 12.5 Å². The SMILES string of the molecule is COc1ccc2c(c1)OC(CC#N)CO2. The van der Waals surface area contributed by atoms with Crippen LogP contribution in [0.15, 0.2) is 18.2 Å². The van der Waals surface area contributed by atoms with Gasteiger partial charge in [0.15, 0.2) is 11.5 Å². The second-order valence-corrected chi connectivity index (χ2v) is 3.23. The van der Waals surface area contributed by atoms with E-state index in [1.807, 2.05) is 6.07 Å². The van der Waals surface area contributed by atoms with Crippen LogP contribution in [0.25, 0.3) is 0 Å². The van der Waals surface area contributed by atoms with Crippen LogP contribution in [0.3, 0.4) is 0 Å². The lowest BCUT2D eigenvalue weighted by Gasteiger charge is -2.25. The second-order valence-electron chi connectivity index (χ2n) is 3.23. The standard InChI is InChI=1S/C11H11NO3/c1-13-8-2-3-10-11(6-8)15-9(4-5-12)7-14-10/h2-3,6,9H,4,7H2,1H3. The van der Waals surface area contributed by atoms with E-state index in [1.54, 1.807) is 19.2 Å². The van der Waals surface area contributed by atoms with Crippen molar-refractivity contribution < 1.29 is 14.2 Å². The highest BCUT2D eigenvalue weighted by Gasteiger charge is 2.20. The van der Waals surface area contributed by atoms with E-state index in [0.717, 1.165) is 5.75 Å². The summed E-state index contributed by atoms with van der Waals surface area (Å²) in [6, 6.07) is 7.44. The number of hydrogen-bond acceptors (Lipinski definition) is 4. The second kappa shape index (κ2) is 4.09. The molecule has 0 saturated carbocycles. The Hall–Kier alpha value is -1.89. The Labute approximate surface area is 88.0 Å². The van der Waals surface area contributed by atoms with Gasteiger partial charge in [0.1, 0.15) is 18.5 Å². The highest BCUT2D eigenvalue weighted by Crippen LogP contribution is 2.35. The number of hydrogen-bond donors (Lipinski definition) is 0. The van der Waals surface area contributed by atoms with E-state index in [1.165, 1.54) is 0 Å². The normalized spacial score (nSPS) is 18.0. The first-order valence-electron chi connectivity index (χ1n) is 4.68. The Balaban J connectivity index is 2.20. The molecule has 0 aliphatic carbocycles. The van der Waals surface area contributed by atoms with Gasteiger partial charge in [-0.2, -0.15) is 5.26 Å². The topological polar surface area (TPSA) is 51.5 Å². The Morgan fingerprint density at radius 1 is 1.53 bits per heavy atom. The summed E-state index contributed by atoms with van der Waals surface area (Å²) in [6.07, 6.45) is 0.144. The van der Waals surface area contributed by atoms with Gasteiger partial charge in [0.05, 0.1) is 19.6 Å². The van der Waals surface area contributed by atoms with Gasteiger partial charge in [-0.05, 0) is 12.1 Å². The molecular weight excluding hydrogens is 194 g/mol. The lowest BCUT2D eigenvalue weighted by atomic mass is 10.2. The predicted octanol–water partition coefficient (Wildman–Crippen LogP) is 1.75. The zero-order valence-electron chi connectivity index (χ0n) is 8.40. The van der Waals surface area contributed by atoms with E-state index in [9.17, 15) is 0 Å². The van der Waals surface area contributed by atoms with Gasteiger partial charge < -0.3 is 14.2 Å². The fraction of sp³-hybridized carbons (Fsp3) is 0.364. The average molecular weight is 205 g/mol. The quantitative estimate of drug-likeness (QED) is 0.738. The molecule has 0 bridgehead atoms. The van der Waals surface area contributed by atoms with E-state index in [0.29, 0.717) is 24.5 Å². The Kier molecular flexibility index (Phi) is 2.64. The third kappa shape index (κ3) is 1.96. The summed E-state index contributed by atoms with van der Waals surface area (Å²) >= 11 is 0. The van der Waals surface area contributed by atoms with E-state index in [2.05, 4.69) is 6.07 Å². The van der Waals surface area contributed by atoms with Crippen LogP contribution in [0, 0.1) is 11.3 Å². The molecule has 4 nitrogen and oxygen atoms in total. The fourth-order valence-corrected chi connectivity index (χ4v) is 1.43. The minimum Gasteiger partial charge on any atom is -0.497 e. The molecule has 0 amide bonds. The Morgan fingerprint density at radius 3 is 3.13 bits per heavy atom. The molecule has 0 spiro atoms. The largest absolute Gasteiger partial charge is 0.497 e. The summed E-state index contributed by atoms with van der Waals surface area (Å²) < 4.78 is 16.1. The van der Waals surface area contributed by atoms with Crippen LogP contribution >= 0.6 is 0 Å². The molecule has 1 aliphatic rings. The highest BCUT2D eigenvalue weighted by molar-refractivity contribution is 5.46. The Bertz CT molecular complexity index is 397. The van der Waals surface area contributed by atoms with Gasteiger partial charge in [0, 0.05) is 6.07 Å². The van der Waals surface area contributed by atoms with Crippen molar-refractivity contribution in [2.75, 3.05) is 13.7 Å². The first kappa shape index (κ1) is 9.66. The minimum atomic E-state index is -0.186. The first-order chi connectivity index (χ1) is 7.33. The molecule has 0 radical (unpaired) electrons. The zero-order valence-corrected chi connectivity index (χ0v) is 8.40. The van der Waals surface area contributed by atoms with Crippen molar-refractivity contribution >= 4 is 0 Å². The third-order valence-corrected chi connectivity index (χ3v) is 2.19. The number of nitriles is 1. The molecular formula is C11H11NO3. The average Bonchev–Trinajstić information content (AvgIpc) is 2.28. The minimum absolute atomic E-state index is 0.186. The van der Waals surface area contributed by atoms with Crippen LogP contribution in [-0.4, -0.2) is 19.8 Å². The molecule has 2 rings (SSSR count). The summed E-state index contributed by atoms with van der Waals surface area (Å²) in [7, 11) is 1.60. The lowest BCUT2D eigenvalue weighted by Crippen LogP contribution is -2.28. The third-order valence-electron chi connectivity index (χ3n) is 2.19. The summed E-state index contributed by atoms with van der Waals surface area (Å²) in [5.41, 5.74) is 0. The molecule has 1 unspecified atom stereocenters. The maximum atomic E-state index is 8.56. The van der Waals surface area contributed by atoms with Crippen molar-refractivity contribution in [3.05, 3.63) is 18.2 Å². The number of fused-ring (bicyclic) bond motifs is 1. The van der Waals surface area contributed by atoms with Crippen molar-refractivity contribution in [1.29, 1.82) is 5.26 Å². The smallest absolute Gasteiger partial charge is 0.165 e. The van der Waals surface area contributed by atoms with Crippen LogP contribution in [0.2, 0.25) is 0 Å². The molecule has 78 valence electrons. The van der Waals surface area contributed by atoms with E-state index in [4.69, 9.17) is 19.5 Å². The number of nitrogens with zero attached hydrogens (tertiary/aromatic N) is 1. The van der Waals surface area contributed by atoms with Gasteiger partial charge in [-0.25, -0.2) is 0 Å². The van der Waals surface area contributed by atoms with Gasteiger partial charge in [0.2, 0.25) is 0 Å². The summed E-state index contributed by atoms with van der Waals surface area (Å²) in [5, 5.41) is 8.56. The van der Waals surface area contributed by atoms with Crippen LogP contribution in [0.1, 0.15) is 6.42 Å². The molecule has 0 saturated heterocycles. The number of ether oxygens (including phenoxy) is 3. The molecule has 0 aromatic heterocycles. The van der Waals surface area contributed by atoms with Gasteiger partial charge in [-0.3, -0.25) is 0 Å². The maximum absolute atomic E-state index is 8.56. The van der Waals surface area contributed by atoms with Gasteiger partial charge >= 0.3 is 0 Å². The number of rotatable bonds is 2. The molecule has 1 aromatic rings. The molecule has 0 fully saturated rings. The highest BCUT2D eigenvalue weighted by atomic mass is 16.6. The molecule has 0 N–H and O–H groups in total. The molecule has 1 aromatic carbocycles. The fourth-order valence-electron chi connectivity index (χ4n) is 1.43. The van der Waals surface area contributed by atoms with E-state index < -0.39 is 0 Å². The lowest BCUT2D eigenvalue weighted by molar-refractivity contribution is 0.0938. The Morgan fingerprint density at radius 2 is 2.40 bits per heavy atom. The van der Waals surface area contributed by atoms with E-state index >= 15 is 0 Å².